The van der Waals surface area contributed by atoms with Gasteiger partial charge in [0.25, 0.3) is 5.91 Å². The first-order valence-corrected chi connectivity index (χ1v) is 10.0. The molecule has 2 aliphatic heterocycles. The Morgan fingerprint density at radius 3 is 2.39 bits per heavy atom. The maximum atomic E-state index is 12.9. The number of carbonyl (C=O) groups excluding carboxylic acids is 2. The number of amides is 3. The Morgan fingerprint density at radius 1 is 0.968 bits per heavy atom. The second-order valence-corrected chi connectivity index (χ2v) is 7.17. The molecule has 9 heteroatoms. The summed E-state index contributed by atoms with van der Waals surface area (Å²) in [5, 5.41) is 2.86. The molecule has 0 saturated carbocycles. The van der Waals surface area contributed by atoms with Gasteiger partial charge in [-0.25, -0.2) is 4.79 Å². The molecular formula is C22H25N3O6. The third-order valence-electron chi connectivity index (χ3n) is 5.31. The molecule has 4 rings (SSSR count). The molecule has 3 amide bonds. The number of carbonyl (C=O) groups is 2. The number of hydrogen-bond acceptors (Lipinski definition) is 6. The molecule has 2 heterocycles. The van der Waals surface area contributed by atoms with E-state index in [1.54, 1.807) is 41.2 Å². The van der Waals surface area contributed by atoms with Gasteiger partial charge in [-0.1, -0.05) is 12.1 Å². The zero-order chi connectivity index (χ0) is 21.8. The van der Waals surface area contributed by atoms with E-state index in [1.165, 1.54) is 7.11 Å². The minimum Gasteiger partial charge on any atom is -0.497 e. The number of piperazine rings is 1. The number of fused-ring (bicyclic) bond motifs is 1. The van der Waals surface area contributed by atoms with E-state index in [0.717, 1.165) is 0 Å². The van der Waals surface area contributed by atoms with E-state index in [2.05, 4.69) is 5.32 Å². The van der Waals surface area contributed by atoms with Gasteiger partial charge in [0.2, 0.25) is 6.10 Å². The van der Waals surface area contributed by atoms with Gasteiger partial charge in [0.05, 0.1) is 19.9 Å². The van der Waals surface area contributed by atoms with Gasteiger partial charge in [-0.3, -0.25) is 4.79 Å². The SMILES string of the molecule is COc1ccc(OC)c(NC(=O)N2CCN(C(=O)C3COc4ccccc4O3)CC2)c1. The summed E-state index contributed by atoms with van der Waals surface area (Å²) >= 11 is 0. The van der Waals surface area contributed by atoms with E-state index >= 15 is 0 Å². The van der Waals surface area contributed by atoms with Crippen LogP contribution >= 0.6 is 0 Å². The Bertz CT molecular complexity index is 958. The summed E-state index contributed by atoms with van der Waals surface area (Å²) in [5.74, 6) is 2.22. The molecule has 0 bridgehead atoms. The van der Waals surface area contributed by atoms with Gasteiger partial charge in [0, 0.05) is 32.2 Å². The third kappa shape index (κ3) is 4.45. The van der Waals surface area contributed by atoms with Crippen molar-refractivity contribution in [1.29, 1.82) is 0 Å². The minimum atomic E-state index is -0.684. The lowest BCUT2D eigenvalue weighted by Crippen LogP contribution is -2.55. The zero-order valence-corrected chi connectivity index (χ0v) is 17.5. The van der Waals surface area contributed by atoms with Crippen LogP contribution in [0.4, 0.5) is 10.5 Å². The average molecular weight is 427 g/mol. The van der Waals surface area contributed by atoms with Gasteiger partial charge in [-0.05, 0) is 24.3 Å². The number of nitrogens with zero attached hydrogens (tertiary/aromatic N) is 2. The molecule has 1 unspecified atom stereocenters. The molecule has 1 N–H and O–H groups in total. The number of anilines is 1. The fourth-order valence-corrected chi connectivity index (χ4v) is 3.58. The Labute approximate surface area is 180 Å². The van der Waals surface area contributed by atoms with Gasteiger partial charge in [0.15, 0.2) is 11.5 Å². The van der Waals surface area contributed by atoms with Crippen molar-refractivity contribution < 1.29 is 28.5 Å². The minimum absolute atomic E-state index is 0.135. The molecule has 1 fully saturated rings. The second kappa shape index (κ2) is 9.03. The van der Waals surface area contributed by atoms with Gasteiger partial charge in [0.1, 0.15) is 18.1 Å². The largest absolute Gasteiger partial charge is 0.497 e. The standard InChI is InChI=1S/C22H25N3O6/c1-28-15-7-8-17(29-2)16(13-15)23-22(27)25-11-9-24(10-12-25)21(26)20-14-30-18-5-3-4-6-19(18)31-20/h3-8,13,20H,9-12,14H2,1-2H3,(H,23,27). The number of hydrogen-bond donors (Lipinski definition) is 1. The third-order valence-corrected chi connectivity index (χ3v) is 5.31. The van der Waals surface area contributed by atoms with Crippen molar-refractivity contribution in [3.63, 3.8) is 0 Å². The summed E-state index contributed by atoms with van der Waals surface area (Å²) in [4.78, 5) is 28.9. The highest BCUT2D eigenvalue weighted by atomic mass is 16.6. The highest BCUT2D eigenvalue weighted by molar-refractivity contribution is 5.91. The molecule has 9 nitrogen and oxygen atoms in total. The molecule has 0 radical (unpaired) electrons. The van der Waals surface area contributed by atoms with Crippen LogP contribution in [0.5, 0.6) is 23.0 Å². The van der Waals surface area contributed by atoms with Crippen LogP contribution in [0.2, 0.25) is 0 Å². The zero-order valence-electron chi connectivity index (χ0n) is 17.5. The van der Waals surface area contributed by atoms with Crippen LogP contribution in [-0.4, -0.2) is 74.8 Å². The molecule has 0 spiro atoms. The first-order chi connectivity index (χ1) is 15.1. The van der Waals surface area contributed by atoms with E-state index < -0.39 is 6.10 Å². The Morgan fingerprint density at radius 2 is 1.68 bits per heavy atom. The molecule has 1 atom stereocenters. The van der Waals surface area contributed by atoms with Crippen molar-refractivity contribution in [2.75, 3.05) is 52.3 Å². The summed E-state index contributed by atoms with van der Waals surface area (Å²) < 4.78 is 22.0. The molecule has 2 aliphatic rings. The molecule has 1 saturated heterocycles. The summed E-state index contributed by atoms with van der Waals surface area (Å²) in [7, 11) is 3.10. The van der Waals surface area contributed by atoms with Gasteiger partial charge in [-0.15, -0.1) is 0 Å². The van der Waals surface area contributed by atoms with Gasteiger partial charge < -0.3 is 34.1 Å². The number of nitrogens with one attached hydrogen (secondary N) is 1. The predicted molar refractivity (Wildman–Crippen MR) is 113 cm³/mol. The first kappa shape index (κ1) is 20.6. The number of urea groups is 1. The van der Waals surface area contributed by atoms with Crippen molar-refractivity contribution in [3.05, 3.63) is 42.5 Å². The van der Waals surface area contributed by atoms with E-state index in [9.17, 15) is 9.59 Å². The molecule has 31 heavy (non-hydrogen) atoms. The lowest BCUT2D eigenvalue weighted by molar-refractivity contribution is -0.142. The molecule has 2 aromatic rings. The fraction of sp³-hybridized carbons (Fsp3) is 0.364. The molecular weight excluding hydrogens is 402 g/mol. The number of ether oxygens (including phenoxy) is 4. The van der Waals surface area contributed by atoms with Crippen LogP contribution in [0.25, 0.3) is 0 Å². The van der Waals surface area contributed by atoms with Crippen molar-refractivity contribution >= 4 is 17.6 Å². The quantitative estimate of drug-likeness (QED) is 0.805. The van der Waals surface area contributed by atoms with Crippen molar-refractivity contribution in [2.45, 2.75) is 6.10 Å². The maximum Gasteiger partial charge on any atom is 0.322 e. The topological polar surface area (TPSA) is 89.6 Å². The van der Waals surface area contributed by atoms with Crippen molar-refractivity contribution in [3.8, 4) is 23.0 Å². The van der Waals surface area contributed by atoms with Crippen molar-refractivity contribution in [1.82, 2.24) is 9.80 Å². The van der Waals surface area contributed by atoms with Gasteiger partial charge in [-0.2, -0.15) is 0 Å². The van der Waals surface area contributed by atoms with E-state index in [4.69, 9.17) is 18.9 Å². The normalized spacial score (nSPS) is 17.7. The summed E-state index contributed by atoms with van der Waals surface area (Å²) in [5.41, 5.74) is 0.525. The molecule has 2 aromatic carbocycles. The van der Waals surface area contributed by atoms with Crippen LogP contribution in [0.3, 0.4) is 0 Å². The molecule has 0 aromatic heterocycles. The predicted octanol–water partition coefficient (Wildman–Crippen LogP) is 2.22. The summed E-state index contributed by atoms with van der Waals surface area (Å²) in [6.45, 7) is 1.83. The van der Waals surface area contributed by atoms with E-state index in [0.29, 0.717) is 54.9 Å². The van der Waals surface area contributed by atoms with Gasteiger partial charge >= 0.3 is 6.03 Å². The fourth-order valence-electron chi connectivity index (χ4n) is 3.58. The smallest absolute Gasteiger partial charge is 0.322 e. The number of benzene rings is 2. The Kier molecular flexibility index (Phi) is 6.01. The Hall–Kier alpha value is -3.62. The molecule has 0 aliphatic carbocycles. The van der Waals surface area contributed by atoms with Crippen LogP contribution in [0.1, 0.15) is 0 Å². The second-order valence-electron chi connectivity index (χ2n) is 7.17. The summed E-state index contributed by atoms with van der Waals surface area (Å²) in [6, 6.07) is 12.2. The maximum absolute atomic E-state index is 12.9. The van der Waals surface area contributed by atoms with Crippen LogP contribution in [-0.2, 0) is 4.79 Å². The number of para-hydroxylation sites is 2. The monoisotopic (exact) mass is 427 g/mol. The van der Waals surface area contributed by atoms with Crippen molar-refractivity contribution in [2.24, 2.45) is 0 Å². The number of methoxy groups -OCH3 is 2. The average Bonchev–Trinajstić information content (AvgIpc) is 2.83. The van der Waals surface area contributed by atoms with Crippen LogP contribution < -0.4 is 24.3 Å². The lowest BCUT2D eigenvalue weighted by atomic mass is 10.2. The number of rotatable bonds is 4. The Balaban J connectivity index is 1.32. The van der Waals surface area contributed by atoms with E-state index in [1.807, 2.05) is 18.2 Å². The highest BCUT2D eigenvalue weighted by Crippen LogP contribution is 2.32. The highest BCUT2D eigenvalue weighted by Gasteiger charge is 2.33. The first-order valence-electron chi connectivity index (χ1n) is 10.0. The van der Waals surface area contributed by atoms with Crippen LogP contribution in [0.15, 0.2) is 42.5 Å². The molecule has 164 valence electrons. The van der Waals surface area contributed by atoms with E-state index in [-0.39, 0.29) is 18.5 Å². The van der Waals surface area contributed by atoms with Crippen LogP contribution in [0, 0.1) is 0 Å². The summed E-state index contributed by atoms with van der Waals surface area (Å²) in [6.07, 6.45) is -0.684. The lowest BCUT2D eigenvalue weighted by Gasteiger charge is -2.37.